The Labute approximate surface area is 154 Å². The molecule has 7 nitrogen and oxygen atoms in total. The van der Waals surface area contributed by atoms with Crippen LogP contribution in [-0.4, -0.2) is 34.1 Å². The van der Waals surface area contributed by atoms with Gasteiger partial charge in [0.25, 0.3) is 0 Å². The summed E-state index contributed by atoms with van der Waals surface area (Å²) in [5.41, 5.74) is 1.19. The van der Waals surface area contributed by atoms with E-state index in [4.69, 9.17) is 11.6 Å². The Morgan fingerprint density at radius 1 is 1.46 bits per heavy atom. The number of anilines is 2. The molecule has 0 bridgehead atoms. The number of amides is 3. The zero-order chi connectivity index (χ0) is 19.1. The number of hydrogen-bond donors (Lipinski definition) is 3. The largest absolute Gasteiger partial charge is 0.322 e. The van der Waals surface area contributed by atoms with Crippen molar-refractivity contribution in [1.82, 2.24) is 15.1 Å². The molecule has 3 rings (SSSR count). The van der Waals surface area contributed by atoms with Crippen molar-refractivity contribution in [3.05, 3.63) is 39.8 Å². The van der Waals surface area contributed by atoms with Crippen molar-refractivity contribution >= 4 is 35.5 Å². The summed E-state index contributed by atoms with van der Waals surface area (Å²) in [5.74, 6) is -0.101. The summed E-state index contributed by atoms with van der Waals surface area (Å²) in [4.78, 5) is 25.1. The van der Waals surface area contributed by atoms with Gasteiger partial charge in [-0.2, -0.15) is 5.10 Å². The molecule has 138 valence electrons. The van der Waals surface area contributed by atoms with Crippen LogP contribution in [0.5, 0.6) is 0 Å². The van der Waals surface area contributed by atoms with Crippen molar-refractivity contribution in [2.75, 3.05) is 17.2 Å². The van der Waals surface area contributed by atoms with Crippen molar-refractivity contribution in [1.29, 1.82) is 0 Å². The Morgan fingerprint density at radius 2 is 2.19 bits per heavy atom. The van der Waals surface area contributed by atoms with E-state index >= 15 is 0 Å². The smallest absolute Gasteiger partial charge is 0.313 e. The molecular weight excluding hydrogens is 361 g/mol. The molecular formula is C17H19ClFN5O2. The van der Waals surface area contributed by atoms with Crippen molar-refractivity contribution in [2.45, 2.75) is 32.7 Å². The quantitative estimate of drug-likeness (QED) is 0.714. The zero-order valence-corrected chi connectivity index (χ0v) is 15.4. The lowest BCUT2D eigenvalue weighted by atomic mass is 9.89. The van der Waals surface area contributed by atoms with Gasteiger partial charge in [-0.3, -0.25) is 9.89 Å². The van der Waals surface area contributed by atoms with Gasteiger partial charge < -0.3 is 15.5 Å². The SMILES string of the molecule is Cc1ccc(Cl)c(NC(=O)N2CCc3c(NC=O)n[nH]c3C2(C)C)c1F. The summed E-state index contributed by atoms with van der Waals surface area (Å²) in [6, 6.07) is 2.63. The number of fused-ring (bicyclic) bond motifs is 1. The number of halogens is 2. The van der Waals surface area contributed by atoms with E-state index in [9.17, 15) is 14.0 Å². The molecule has 1 aromatic heterocycles. The number of aryl methyl sites for hydroxylation is 1. The molecule has 1 aliphatic rings. The fourth-order valence-electron chi connectivity index (χ4n) is 3.23. The van der Waals surface area contributed by atoms with E-state index in [1.54, 1.807) is 24.0 Å². The first-order valence-electron chi connectivity index (χ1n) is 8.08. The maximum atomic E-state index is 14.3. The van der Waals surface area contributed by atoms with Gasteiger partial charge in [-0.25, -0.2) is 9.18 Å². The van der Waals surface area contributed by atoms with E-state index in [-0.39, 0.29) is 10.7 Å². The molecule has 0 atom stereocenters. The standard InChI is InChI=1S/C17H19ClFN5O2/c1-9-4-5-11(18)13(12(9)19)21-16(26)24-7-6-10-14(17(24,2)3)22-23-15(10)20-8-25/h4-5,8H,6-7H2,1-3H3,(H,21,26)(H2,20,22,23,25). The number of benzene rings is 1. The Hall–Kier alpha value is -2.61. The Bertz CT molecular complexity index is 880. The molecule has 1 aliphatic heterocycles. The molecule has 0 unspecified atom stereocenters. The normalized spacial score (nSPS) is 15.3. The molecule has 0 saturated carbocycles. The van der Waals surface area contributed by atoms with Crippen LogP contribution >= 0.6 is 11.6 Å². The van der Waals surface area contributed by atoms with Gasteiger partial charge in [-0.15, -0.1) is 0 Å². The van der Waals surface area contributed by atoms with Crippen molar-refractivity contribution in [2.24, 2.45) is 0 Å². The Kier molecular flexibility index (Phi) is 4.62. The third-order valence-electron chi connectivity index (χ3n) is 4.70. The van der Waals surface area contributed by atoms with E-state index in [0.29, 0.717) is 30.8 Å². The Balaban J connectivity index is 1.89. The molecule has 0 saturated heterocycles. The van der Waals surface area contributed by atoms with Gasteiger partial charge >= 0.3 is 6.03 Å². The van der Waals surface area contributed by atoms with Gasteiger partial charge in [-0.1, -0.05) is 17.7 Å². The fourth-order valence-corrected chi connectivity index (χ4v) is 3.42. The van der Waals surface area contributed by atoms with Crippen molar-refractivity contribution in [3.63, 3.8) is 0 Å². The van der Waals surface area contributed by atoms with E-state index in [1.807, 2.05) is 13.8 Å². The topological polar surface area (TPSA) is 90.1 Å². The maximum absolute atomic E-state index is 14.3. The summed E-state index contributed by atoms with van der Waals surface area (Å²) >= 11 is 6.04. The van der Waals surface area contributed by atoms with E-state index < -0.39 is 17.4 Å². The van der Waals surface area contributed by atoms with Crippen LogP contribution in [0.1, 0.15) is 30.7 Å². The lowest BCUT2D eigenvalue weighted by Crippen LogP contribution is -2.51. The van der Waals surface area contributed by atoms with Gasteiger partial charge in [0.15, 0.2) is 11.6 Å². The van der Waals surface area contributed by atoms with Crippen molar-refractivity contribution in [3.8, 4) is 0 Å². The average molecular weight is 380 g/mol. The molecule has 0 fully saturated rings. The van der Waals surface area contributed by atoms with Crippen LogP contribution in [0.3, 0.4) is 0 Å². The third kappa shape index (κ3) is 2.90. The maximum Gasteiger partial charge on any atom is 0.322 e. The Morgan fingerprint density at radius 3 is 2.88 bits per heavy atom. The number of hydrogen-bond acceptors (Lipinski definition) is 3. The van der Waals surface area contributed by atoms with E-state index in [2.05, 4.69) is 20.8 Å². The molecule has 26 heavy (non-hydrogen) atoms. The van der Waals surface area contributed by atoms with Gasteiger partial charge in [0.2, 0.25) is 6.41 Å². The number of H-pyrrole nitrogens is 1. The van der Waals surface area contributed by atoms with Crippen LogP contribution in [0.25, 0.3) is 0 Å². The molecule has 0 aliphatic carbocycles. The summed E-state index contributed by atoms with van der Waals surface area (Å²) in [5, 5.41) is 12.2. The molecule has 2 aromatic rings. The van der Waals surface area contributed by atoms with Crippen LogP contribution < -0.4 is 10.6 Å². The van der Waals surface area contributed by atoms with Gasteiger partial charge in [0, 0.05) is 12.1 Å². The number of aromatic nitrogens is 2. The first kappa shape index (κ1) is 18.2. The second-order valence-corrected chi connectivity index (χ2v) is 7.04. The predicted molar refractivity (Wildman–Crippen MR) is 96.9 cm³/mol. The van der Waals surface area contributed by atoms with Crippen LogP contribution in [-0.2, 0) is 16.8 Å². The monoisotopic (exact) mass is 379 g/mol. The molecule has 2 heterocycles. The molecule has 1 aromatic carbocycles. The van der Waals surface area contributed by atoms with Crippen LogP contribution in [0.15, 0.2) is 12.1 Å². The number of aromatic amines is 1. The van der Waals surface area contributed by atoms with E-state index in [0.717, 1.165) is 11.3 Å². The predicted octanol–water partition coefficient (Wildman–Crippen LogP) is 3.40. The molecule has 9 heteroatoms. The first-order chi connectivity index (χ1) is 12.3. The first-order valence-corrected chi connectivity index (χ1v) is 8.46. The fraction of sp³-hybridized carbons (Fsp3) is 0.353. The van der Waals surface area contributed by atoms with Crippen LogP contribution in [0.4, 0.5) is 20.7 Å². The number of urea groups is 1. The number of carbonyl (C=O) groups is 2. The lowest BCUT2D eigenvalue weighted by Gasteiger charge is -2.41. The summed E-state index contributed by atoms with van der Waals surface area (Å²) < 4.78 is 14.3. The minimum absolute atomic E-state index is 0.0359. The highest BCUT2D eigenvalue weighted by Gasteiger charge is 2.40. The van der Waals surface area contributed by atoms with Crippen LogP contribution in [0, 0.1) is 12.7 Å². The van der Waals surface area contributed by atoms with Crippen LogP contribution in [0.2, 0.25) is 5.02 Å². The zero-order valence-electron chi connectivity index (χ0n) is 14.6. The molecule has 3 N–H and O–H groups in total. The minimum atomic E-state index is -0.736. The second-order valence-electron chi connectivity index (χ2n) is 6.63. The average Bonchev–Trinajstić information content (AvgIpc) is 3.00. The number of rotatable bonds is 3. The second kappa shape index (κ2) is 6.60. The highest BCUT2D eigenvalue weighted by Crippen LogP contribution is 2.37. The third-order valence-corrected chi connectivity index (χ3v) is 5.01. The van der Waals surface area contributed by atoms with Gasteiger partial charge in [0.05, 0.1) is 21.9 Å². The minimum Gasteiger partial charge on any atom is -0.313 e. The summed E-state index contributed by atoms with van der Waals surface area (Å²) in [6.07, 6.45) is 1.06. The lowest BCUT2D eigenvalue weighted by molar-refractivity contribution is -0.105. The molecule has 3 amide bonds. The summed E-state index contributed by atoms with van der Waals surface area (Å²) in [6.45, 7) is 5.68. The van der Waals surface area contributed by atoms with E-state index in [1.165, 1.54) is 0 Å². The molecule has 0 spiro atoms. The highest BCUT2D eigenvalue weighted by atomic mass is 35.5. The number of carbonyl (C=O) groups excluding carboxylic acids is 2. The highest BCUT2D eigenvalue weighted by molar-refractivity contribution is 6.33. The van der Waals surface area contributed by atoms with Gasteiger partial charge in [-0.05, 0) is 38.8 Å². The number of nitrogens with one attached hydrogen (secondary N) is 3. The molecule has 0 radical (unpaired) electrons. The number of nitrogens with zero attached hydrogens (tertiary/aromatic N) is 2. The van der Waals surface area contributed by atoms with Gasteiger partial charge in [0.1, 0.15) is 0 Å². The van der Waals surface area contributed by atoms with Crippen molar-refractivity contribution < 1.29 is 14.0 Å². The summed E-state index contributed by atoms with van der Waals surface area (Å²) in [7, 11) is 0.